The van der Waals surface area contributed by atoms with Gasteiger partial charge in [0.05, 0.1) is 25.7 Å². The number of carbonyl (C=O) groups excluding carboxylic acids is 1. The summed E-state index contributed by atoms with van der Waals surface area (Å²) >= 11 is 0. The van der Waals surface area contributed by atoms with Crippen molar-refractivity contribution in [3.05, 3.63) is 64.7 Å². The third-order valence-corrected chi connectivity index (χ3v) is 6.04. The second-order valence-corrected chi connectivity index (χ2v) is 8.19. The molecule has 0 aliphatic carbocycles. The average Bonchev–Trinajstić information content (AvgIpc) is 3.09. The molecule has 4 rings (SSSR count). The van der Waals surface area contributed by atoms with Gasteiger partial charge in [-0.1, -0.05) is 42.0 Å². The van der Waals surface area contributed by atoms with E-state index in [1.165, 1.54) is 22.4 Å². The Balaban J connectivity index is 1.47. The second kappa shape index (κ2) is 8.97. The Morgan fingerprint density at radius 2 is 1.97 bits per heavy atom. The summed E-state index contributed by atoms with van der Waals surface area (Å²) in [5, 5.41) is 3.19. The molecule has 2 aliphatic rings. The minimum absolute atomic E-state index is 0.0785. The van der Waals surface area contributed by atoms with Gasteiger partial charge in [0.1, 0.15) is 0 Å². The normalized spacial score (nSPS) is 17.8. The van der Waals surface area contributed by atoms with Crippen LogP contribution in [0.1, 0.15) is 28.3 Å². The number of nitrogens with one attached hydrogen (secondary N) is 1. The van der Waals surface area contributed by atoms with Crippen LogP contribution in [-0.2, 0) is 22.4 Å². The molecule has 0 radical (unpaired) electrons. The molecular formula is C24H31N3O2. The SMILES string of the molecule is Cc1cccc(CC(=O)NCC(c2ccc3c(c2)CCN3C)N2CCOCC2)c1. The second-order valence-electron chi connectivity index (χ2n) is 8.19. The lowest BCUT2D eigenvalue weighted by molar-refractivity contribution is -0.120. The topological polar surface area (TPSA) is 44.8 Å². The van der Waals surface area contributed by atoms with E-state index < -0.39 is 0 Å². The maximum Gasteiger partial charge on any atom is 0.224 e. The van der Waals surface area contributed by atoms with Crippen molar-refractivity contribution in [2.75, 3.05) is 51.3 Å². The van der Waals surface area contributed by atoms with E-state index in [9.17, 15) is 4.79 Å². The van der Waals surface area contributed by atoms with Crippen LogP contribution in [-0.4, -0.2) is 57.2 Å². The number of carbonyl (C=O) groups is 1. The van der Waals surface area contributed by atoms with E-state index >= 15 is 0 Å². The molecule has 1 saturated heterocycles. The Morgan fingerprint density at radius 1 is 1.14 bits per heavy atom. The smallest absolute Gasteiger partial charge is 0.224 e. The number of morpholine rings is 1. The van der Waals surface area contributed by atoms with Crippen molar-refractivity contribution in [2.45, 2.75) is 25.8 Å². The molecule has 29 heavy (non-hydrogen) atoms. The van der Waals surface area contributed by atoms with E-state index in [0.29, 0.717) is 13.0 Å². The first kappa shape index (κ1) is 19.9. The summed E-state index contributed by atoms with van der Waals surface area (Å²) in [6.07, 6.45) is 1.52. The molecule has 1 unspecified atom stereocenters. The summed E-state index contributed by atoms with van der Waals surface area (Å²) in [6, 6.07) is 15.1. The molecule has 0 aromatic heterocycles. The zero-order chi connectivity index (χ0) is 20.2. The van der Waals surface area contributed by atoms with E-state index in [4.69, 9.17) is 4.74 Å². The van der Waals surface area contributed by atoms with E-state index in [-0.39, 0.29) is 11.9 Å². The van der Waals surface area contributed by atoms with Crippen LogP contribution in [0.5, 0.6) is 0 Å². The van der Waals surface area contributed by atoms with Crippen molar-refractivity contribution < 1.29 is 9.53 Å². The minimum atomic E-state index is 0.0785. The molecule has 1 fully saturated rings. The van der Waals surface area contributed by atoms with Crippen molar-refractivity contribution in [3.8, 4) is 0 Å². The molecule has 1 N–H and O–H groups in total. The van der Waals surface area contributed by atoms with Gasteiger partial charge in [-0.3, -0.25) is 9.69 Å². The Hall–Kier alpha value is -2.37. The third-order valence-electron chi connectivity index (χ3n) is 6.04. The molecule has 0 bridgehead atoms. The first-order chi connectivity index (χ1) is 14.1. The van der Waals surface area contributed by atoms with Crippen molar-refractivity contribution in [1.82, 2.24) is 10.2 Å². The number of hydrogen-bond acceptors (Lipinski definition) is 4. The predicted molar refractivity (Wildman–Crippen MR) is 116 cm³/mol. The van der Waals surface area contributed by atoms with Crippen molar-refractivity contribution in [1.29, 1.82) is 0 Å². The molecule has 2 heterocycles. The highest BCUT2D eigenvalue weighted by Crippen LogP contribution is 2.31. The van der Waals surface area contributed by atoms with Crippen LogP contribution in [0.2, 0.25) is 0 Å². The fourth-order valence-electron chi connectivity index (χ4n) is 4.42. The van der Waals surface area contributed by atoms with Gasteiger partial charge in [0.2, 0.25) is 5.91 Å². The summed E-state index contributed by atoms with van der Waals surface area (Å²) in [4.78, 5) is 17.4. The monoisotopic (exact) mass is 393 g/mol. The van der Waals surface area contributed by atoms with Gasteiger partial charge in [-0.25, -0.2) is 0 Å². The van der Waals surface area contributed by atoms with Gasteiger partial charge in [0, 0.05) is 38.9 Å². The molecular weight excluding hydrogens is 362 g/mol. The van der Waals surface area contributed by atoms with E-state index in [1.807, 2.05) is 12.1 Å². The largest absolute Gasteiger partial charge is 0.379 e. The molecule has 1 atom stereocenters. The van der Waals surface area contributed by atoms with Crippen LogP contribution in [0.25, 0.3) is 0 Å². The van der Waals surface area contributed by atoms with Gasteiger partial charge in [-0.15, -0.1) is 0 Å². The highest BCUT2D eigenvalue weighted by molar-refractivity contribution is 5.78. The number of fused-ring (bicyclic) bond motifs is 1. The zero-order valence-corrected chi connectivity index (χ0v) is 17.5. The Labute approximate surface area is 173 Å². The number of rotatable bonds is 6. The number of likely N-dealkylation sites (N-methyl/N-ethyl adjacent to an activating group) is 1. The molecule has 2 aromatic rings. The molecule has 0 saturated carbocycles. The highest BCUT2D eigenvalue weighted by atomic mass is 16.5. The van der Waals surface area contributed by atoms with Gasteiger partial charge >= 0.3 is 0 Å². The van der Waals surface area contributed by atoms with Crippen LogP contribution in [0.4, 0.5) is 5.69 Å². The quantitative estimate of drug-likeness (QED) is 0.820. The summed E-state index contributed by atoms with van der Waals surface area (Å²) in [5.74, 6) is 0.0785. The lowest BCUT2D eigenvalue weighted by Crippen LogP contribution is -2.44. The summed E-state index contributed by atoms with van der Waals surface area (Å²) in [7, 11) is 2.15. The first-order valence-corrected chi connectivity index (χ1v) is 10.6. The molecule has 5 heteroatoms. The predicted octanol–water partition coefficient (Wildman–Crippen LogP) is 2.72. The number of hydrogen-bond donors (Lipinski definition) is 1. The van der Waals surface area contributed by atoms with Crippen LogP contribution in [0.15, 0.2) is 42.5 Å². The van der Waals surface area contributed by atoms with Crippen LogP contribution in [0, 0.1) is 6.92 Å². The van der Waals surface area contributed by atoms with Gasteiger partial charge in [-0.2, -0.15) is 0 Å². The van der Waals surface area contributed by atoms with Crippen molar-refractivity contribution in [2.24, 2.45) is 0 Å². The van der Waals surface area contributed by atoms with Gasteiger partial charge in [-0.05, 0) is 36.1 Å². The fourth-order valence-corrected chi connectivity index (χ4v) is 4.42. The maximum atomic E-state index is 12.6. The highest BCUT2D eigenvalue weighted by Gasteiger charge is 2.25. The summed E-state index contributed by atoms with van der Waals surface area (Å²) < 4.78 is 5.55. The first-order valence-electron chi connectivity index (χ1n) is 10.6. The van der Waals surface area contributed by atoms with Crippen LogP contribution in [0.3, 0.4) is 0 Å². The molecule has 2 aliphatic heterocycles. The Kier molecular flexibility index (Phi) is 6.16. The molecule has 1 amide bonds. The van der Waals surface area contributed by atoms with Gasteiger partial charge in [0.15, 0.2) is 0 Å². The molecule has 0 spiro atoms. The Morgan fingerprint density at radius 3 is 2.76 bits per heavy atom. The van der Waals surface area contributed by atoms with E-state index in [0.717, 1.165) is 44.8 Å². The number of benzene rings is 2. The minimum Gasteiger partial charge on any atom is -0.379 e. The lowest BCUT2D eigenvalue weighted by atomic mass is 10.00. The number of ether oxygens (including phenoxy) is 1. The Bertz CT molecular complexity index is 861. The van der Waals surface area contributed by atoms with Gasteiger partial charge < -0.3 is 15.0 Å². The maximum absolute atomic E-state index is 12.6. The molecule has 2 aromatic carbocycles. The molecule has 154 valence electrons. The zero-order valence-electron chi connectivity index (χ0n) is 17.5. The summed E-state index contributed by atoms with van der Waals surface area (Å²) in [6.45, 7) is 7.06. The van der Waals surface area contributed by atoms with E-state index in [2.05, 4.69) is 59.4 Å². The number of aryl methyl sites for hydroxylation is 1. The third kappa shape index (κ3) is 4.80. The lowest BCUT2D eigenvalue weighted by Gasteiger charge is -2.35. The molecule has 5 nitrogen and oxygen atoms in total. The van der Waals surface area contributed by atoms with Crippen molar-refractivity contribution >= 4 is 11.6 Å². The van der Waals surface area contributed by atoms with E-state index in [1.54, 1.807) is 0 Å². The van der Waals surface area contributed by atoms with Gasteiger partial charge in [0.25, 0.3) is 0 Å². The summed E-state index contributed by atoms with van der Waals surface area (Å²) in [5.41, 5.74) is 6.28. The van der Waals surface area contributed by atoms with Crippen LogP contribution < -0.4 is 10.2 Å². The number of amides is 1. The van der Waals surface area contributed by atoms with Crippen LogP contribution >= 0.6 is 0 Å². The van der Waals surface area contributed by atoms with Crippen molar-refractivity contribution in [3.63, 3.8) is 0 Å². The average molecular weight is 394 g/mol. The standard InChI is InChI=1S/C24H31N3O2/c1-18-4-3-5-19(14-18)15-24(28)25-17-23(27-10-12-29-13-11-27)20-6-7-22-21(16-20)8-9-26(22)2/h3-7,14,16,23H,8-13,15,17H2,1-2H3,(H,25,28). The number of nitrogens with zero attached hydrogens (tertiary/aromatic N) is 2. The fraction of sp³-hybridized carbons (Fsp3) is 0.458. The number of anilines is 1.